The van der Waals surface area contributed by atoms with E-state index in [-0.39, 0.29) is 36.5 Å². The summed E-state index contributed by atoms with van der Waals surface area (Å²) >= 11 is 6.34. The monoisotopic (exact) mass is 616 g/mol. The van der Waals surface area contributed by atoms with Crippen LogP contribution >= 0.6 is 11.6 Å². The fraction of sp³-hybridized carbons (Fsp3) is 0.571. The Morgan fingerprint density at radius 2 is 1.63 bits per heavy atom. The molecule has 0 radical (unpaired) electrons. The standard InChI is InChI=1S/C28H41ClN2O3.HI/c1-3-4-5-6-7-8-9-10-11-14-21-33-27-17-16-25(22-26(27)29)34-23-28(32)30-19-18-24-15-12-13-20-31(24)2;/h12-13,15-17,20,22H,3-11,14,18-19,21,23H2,1-2H3;1H. The van der Waals surface area contributed by atoms with Crippen LogP contribution in [0.25, 0.3) is 0 Å². The second-order valence-electron chi connectivity index (χ2n) is 8.81. The van der Waals surface area contributed by atoms with Gasteiger partial charge in [-0.1, -0.05) is 82.4 Å². The molecule has 1 aromatic carbocycles. The van der Waals surface area contributed by atoms with E-state index in [2.05, 4.69) is 12.2 Å². The number of amides is 1. The topological polar surface area (TPSA) is 51.4 Å². The number of hydrogen-bond donors (Lipinski definition) is 1. The Kier molecular flexibility index (Phi) is 17.7. The number of benzene rings is 1. The van der Waals surface area contributed by atoms with Gasteiger partial charge in [0.15, 0.2) is 18.5 Å². The molecule has 7 heteroatoms. The average Bonchev–Trinajstić information content (AvgIpc) is 2.83. The molecule has 2 rings (SSSR count). The molecule has 0 bridgehead atoms. The Hall–Kier alpha value is -1.54. The highest BCUT2D eigenvalue weighted by molar-refractivity contribution is 6.32. The molecular formula is C28H42ClIN2O3. The molecule has 0 aliphatic carbocycles. The van der Waals surface area contributed by atoms with Crippen LogP contribution in [0.3, 0.4) is 0 Å². The Balaban J connectivity index is 0.00000612. The maximum Gasteiger partial charge on any atom is 0.257 e. The molecule has 0 saturated carbocycles. The van der Waals surface area contributed by atoms with Gasteiger partial charge in [0.25, 0.3) is 5.91 Å². The number of nitrogens with one attached hydrogen (secondary N) is 1. The van der Waals surface area contributed by atoms with Crippen molar-refractivity contribution in [1.82, 2.24) is 5.32 Å². The quantitative estimate of drug-likeness (QED) is 0.159. The van der Waals surface area contributed by atoms with Crippen LogP contribution in [-0.2, 0) is 18.3 Å². The molecule has 196 valence electrons. The zero-order valence-electron chi connectivity index (χ0n) is 21.4. The largest absolute Gasteiger partial charge is 1.00 e. The van der Waals surface area contributed by atoms with E-state index in [4.69, 9.17) is 21.1 Å². The highest BCUT2D eigenvalue weighted by Crippen LogP contribution is 2.29. The third kappa shape index (κ3) is 14.0. The van der Waals surface area contributed by atoms with Gasteiger partial charge >= 0.3 is 0 Å². The first-order chi connectivity index (χ1) is 16.6. The number of ether oxygens (including phenoxy) is 2. The number of nitrogens with zero attached hydrogens (tertiary/aromatic N) is 1. The van der Waals surface area contributed by atoms with Crippen LogP contribution in [0, 0.1) is 0 Å². The van der Waals surface area contributed by atoms with Crippen molar-refractivity contribution < 1.29 is 42.8 Å². The van der Waals surface area contributed by atoms with Gasteiger partial charge in [-0.05, 0) is 18.6 Å². The molecule has 1 aromatic heterocycles. The van der Waals surface area contributed by atoms with Crippen molar-refractivity contribution in [2.75, 3.05) is 19.8 Å². The third-order valence-electron chi connectivity index (χ3n) is 5.89. The van der Waals surface area contributed by atoms with Gasteiger partial charge in [0.05, 0.1) is 11.6 Å². The van der Waals surface area contributed by atoms with Crippen LogP contribution in [0.5, 0.6) is 11.5 Å². The fourth-order valence-corrected chi connectivity index (χ4v) is 4.03. The zero-order valence-corrected chi connectivity index (χ0v) is 24.3. The van der Waals surface area contributed by atoms with E-state index >= 15 is 0 Å². The molecule has 0 fully saturated rings. The summed E-state index contributed by atoms with van der Waals surface area (Å²) in [6.07, 6.45) is 15.7. The smallest absolute Gasteiger partial charge is 0.257 e. The second kappa shape index (κ2) is 19.6. The SMILES string of the molecule is CCCCCCCCCCCCOc1ccc(OCC(=O)NCCc2cccc[n+]2C)cc1Cl.[I-]. The Morgan fingerprint density at radius 3 is 2.29 bits per heavy atom. The van der Waals surface area contributed by atoms with Crippen molar-refractivity contribution >= 4 is 17.5 Å². The van der Waals surface area contributed by atoms with Gasteiger partial charge in [0.1, 0.15) is 18.5 Å². The van der Waals surface area contributed by atoms with E-state index in [0.29, 0.717) is 29.7 Å². The maximum absolute atomic E-state index is 12.1. The predicted molar refractivity (Wildman–Crippen MR) is 139 cm³/mol. The van der Waals surface area contributed by atoms with E-state index in [1.807, 2.05) is 36.0 Å². The summed E-state index contributed by atoms with van der Waals surface area (Å²) in [5.74, 6) is 1.06. The number of halogens is 2. The summed E-state index contributed by atoms with van der Waals surface area (Å²) < 4.78 is 13.5. The third-order valence-corrected chi connectivity index (χ3v) is 6.19. The predicted octanol–water partition coefficient (Wildman–Crippen LogP) is 3.21. The first kappa shape index (κ1) is 31.5. The van der Waals surface area contributed by atoms with Gasteiger partial charge in [-0.2, -0.15) is 0 Å². The number of rotatable bonds is 18. The van der Waals surface area contributed by atoms with Gasteiger partial charge in [-0.3, -0.25) is 4.79 Å². The van der Waals surface area contributed by atoms with Crippen LogP contribution in [0.1, 0.15) is 76.8 Å². The van der Waals surface area contributed by atoms with E-state index < -0.39 is 0 Å². The molecule has 0 aliphatic rings. The van der Waals surface area contributed by atoms with Crippen molar-refractivity contribution in [2.45, 2.75) is 77.6 Å². The highest BCUT2D eigenvalue weighted by atomic mass is 127. The number of aromatic nitrogens is 1. The van der Waals surface area contributed by atoms with Gasteiger partial charge in [0.2, 0.25) is 0 Å². The van der Waals surface area contributed by atoms with E-state index in [9.17, 15) is 4.79 Å². The van der Waals surface area contributed by atoms with Gasteiger partial charge < -0.3 is 38.8 Å². The molecule has 0 aliphatic heterocycles. The van der Waals surface area contributed by atoms with Gasteiger partial charge in [-0.15, -0.1) is 0 Å². The fourth-order valence-electron chi connectivity index (χ4n) is 3.81. The molecule has 1 amide bonds. The summed E-state index contributed by atoms with van der Waals surface area (Å²) in [5.41, 5.74) is 1.16. The summed E-state index contributed by atoms with van der Waals surface area (Å²) in [5, 5.41) is 3.38. The van der Waals surface area contributed by atoms with Crippen LogP contribution in [0.4, 0.5) is 0 Å². The number of pyridine rings is 1. The van der Waals surface area contributed by atoms with Crippen LogP contribution in [0.2, 0.25) is 5.02 Å². The average molecular weight is 617 g/mol. The minimum atomic E-state index is -0.156. The number of carbonyl (C=O) groups is 1. The van der Waals surface area contributed by atoms with E-state index in [1.54, 1.807) is 18.2 Å². The Morgan fingerprint density at radius 1 is 0.943 bits per heavy atom. The molecular weight excluding hydrogens is 575 g/mol. The second-order valence-corrected chi connectivity index (χ2v) is 9.22. The molecule has 1 N–H and O–H groups in total. The maximum atomic E-state index is 12.1. The summed E-state index contributed by atoms with van der Waals surface area (Å²) in [6.45, 7) is 3.44. The molecule has 0 atom stereocenters. The van der Waals surface area contributed by atoms with Crippen molar-refractivity contribution in [3.05, 3.63) is 53.3 Å². The Labute approximate surface area is 234 Å². The lowest BCUT2D eigenvalue weighted by atomic mass is 10.1. The number of carbonyl (C=O) groups excluding carboxylic acids is 1. The molecule has 0 spiro atoms. The van der Waals surface area contributed by atoms with Crippen LogP contribution in [0.15, 0.2) is 42.6 Å². The normalized spacial score (nSPS) is 10.5. The lowest BCUT2D eigenvalue weighted by molar-refractivity contribution is -0.679. The molecule has 35 heavy (non-hydrogen) atoms. The van der Waals surface area contributed by atoms with E-state index in [1.165, 1.54) is 57.8 Å². The molecule has 0 saturated heterocycles. The van der Waals surface area contributed by atoms with Crippen molar-refractivity contribution in [2.24, 2.45) is 7.05 Å². The zero-order chi connectivity index (χ0) is 24.4. The lowest BCUT2D eigenvalue weighted by Crippen LogP contribution is -3.00. The van der Waals surface area contributed by atoms with Crippen molar-refractivity contribution in [3.8, 4) is 11.5 Å². The Bertz CT molecular complexity index is 851. The number of unbranched alkanes of at least 4 members (excludes halogenated alkanes) is 9. The molecule has 2 aromatic rings. The van der Waals surface area contributed by atoms with Crippen molar-refractivity contribution in [1.29, 1.82) is 0 Å². The van der Waals surface area contributed by atoms with Gasteiger partial charge in [-0.25, -0.2) is 4.57 Å². The van der Waals surface area contributed by atoms with Crippen LogP contribution < -0.4 is 43.3 Å². The van der Waals surface area contributed by atoms with Gasteiger partial charge in [0, 0.05) is 31.2 Å². The molecule has 5 nitrogen and oxygen atoms in total. The number of hydrogen-bond acceptors (Lipinski definition) is 3. The molecule has 1 heterocycles. The van der Waals surface area contributed by atoms with Crippen LogP contribution in [-0.4, -0.2) is 25.7 Å². The lowest BCUT2D eigenvalue weighted by Gasteiger charge is -2.11. The first-order valence-electron chi connectivity index (χ1n) is 12.9. The first-order valence-corrected chi connectivity index (χ1v) is 13.2. The summed E-state index contributed by atoms with van der Waals surface area (Å²) in [7, 11) is 1.99. The van der Waals surface area contributed by atoms with E-state index in [0.717, 1.165) is 18.5 Å². The highest BCUT2D eigenvalue weighted by Gasteiger charge is 2.08. The van der Waals surface area contributed by atoms with Crippen molar-refractivity contribution in [3.63, 3.8) is 0 Å². The minimum absolute atomic E-state index is 0. The number of aryl methyl sites for hydroxylation is 1. The molecule has 0 unspecified atom stereocenters. The summed E-state index contributed by atoms with van der Waals surface area (Å²) in [6, 6.07) is 11.3. The minimum Gasteiger partial charge on any atom is -1.00 e. The summed E-state index contributed by atoms with van der Waals surface area (Å²) in [4.78, 5) is 12.1.